The third-order valence-electron chi connectivity index (χ3n) is 4.85. The fourth-order valence-electron chi connectivity index (χ4n) is 3.25. The number of hydrogen-bond donors (Lipinski definition) is 0. The van der Waals surface area contributed by atoms with E-state index in [0.717, 1.165) is 11.5 Å². The third-order valence-corrected chi connectivity index (χ3v) is 4.85. The maximum atomic E-state index is 13.8. The lowest BCUT2D eigenvalue weighted by Gasteiger charge is -2.35. The van der Waals surface area contributed by atoms with Crippen molar-refractivity contribution in [3.8, 4) is 5.82 Å². The summed E-state index contributed by atoms with van der Waals surface area (Å²) in [5.41, 5.74) is 1.35. The lowest BCUT2D eigenvalue weighted by molar-refractivity contribution is -0.130. The van der Waals surface area contributed by atoms with Gasteiger partial charge in [-0.15, -0.1) is 10.2 Å². The van der Waals surface area contributed by atoms with Crippen molar-refractivity contribution in [2.75, 3.05) is 31.1 Å². The summed E-state index contributed by atoms with van der Waals surface area (Å²) in [7, 11) is 0. The number of piperazine rings is 1. The Morgan fingerprint density at radius 2 is 1.71 bits per heavy atom. The lowest BCUT2D eigenvalue weighted by atomic mass is 10.1. The fourth-order valence-corrected chi connectivity index (χ4v) is 3.25. The van der Waals surface area contributed by atoms with E-state index >= 15 is 0 Å². The summed E-state index contributed by atoms with van der Waals surface area (Å²) in [6, 6.07) is 12.1. The summed E-state index contributed by atoms with van der Waals surface area (Å²) in [5.74, 6) is 1.04. The zero-order valence-corrected chi connectivity index (χ0v) is 15.6. The molecular formula is C20H21FN6O. The normalized spacial score (nSPS) is 14.4. The monoisotopic (exact) mass is 380 g/mol. The molecule has 3 heterocycles. The van der Waals surface area contributed by atoms with Crippen LogP contribution in [0.2, 0.25) is 0 Å². The van der Waals surface area contributed by atoms with Gasteiger partial charge >= 0.3 is 0 Å². The van der Waals surface area contributed by atoms with E-state index < -0.39 is 0 Å². The van der Waals surface area contributed by atoms with Crippen molar-refractivity contribution in [2.45, 2.75) is 13.3 Å². The highest BCUT2D eigenvalue weighted by Crippen LogP contribution is 2.15. The average molecular weight is 380 g/mol. The predicted molar refractivity (Wildman–Crippen MR) is 103 cm³/mol. The maximum Gasteiger partial charge on any atom is 0.227 e. The molecule has 1 amide bonds. The number of aryl methyl sites for hydroxylation is 1. The second kappa shape index (κ2) is 7.75. The van der Waals surface area contributed by atoms with E-state index in [1.165, 1.54) is 6.07 Å². The average Bonchev–Trinajstić information content (AvgIpc) is 3.16. The summed E-state index contributed by atoms with van der Waals surface area (Å²) < 4.78 is 15.4. The number of benzene rings is 1. The Balaban J connectivity index is 1.35. The van der Waals surface area contributed by atoms with Gasteiger partial charge < -0.3 is 9.80 Å². The third kappa shape index (κ3) is 3.85. The van der Waals surface area contributed by atoms with Crippen molar-refractivity contribution >= 4 is 11.7 Å². The molecule has 0 N–H and O–H groups in total. The van der Waals surface area contributed by atoms with E-state index in [4.69, 9.17) is 0 Å². The van der Waals surface area contributed by atoms with E-state index in [1.54, 1.807) is 27.8 Å². The van der Waals surface area contributed by atoms with Crippen molar-refractivity contribution in [3.05, 3.63) is 65.7 Å². The van der Waals surface area contributed by atoms with Gasteiger partial charge in [-0.25, -0.2) is 9.07 Å². The molecule has 0 atom stereocenters. The van der Waals surface area contributed by atoms with Crippen LogP contribution in [0.4, 0.5) is 10.2 Å². The number of rotatable bonds is 4. The predicted octanol–water partition coefficient (Wildman–Crippen LogP) is 2.00. The number of carbonyl (C=O) groups excluding carboxylic acids is 1. The zero-order chi connectivity index (χ0) is 19.5. The summed E-state index contributed by atoms with van der Waals surface area (Å²) in [4.78, 5) is 16.3. The molecule has 1 fully saturated rings. The minimum Gasteiger partial charge on any atom is -0.352 e. The van der Waals surface area contributed by atoms with Crippen molar-refractivity contribution in [1.29, 1.82) is 0 Å². The standard InChI is InChI=1S/C20H21FN6O/c1-15-8-9-27(24-15)19-7-6-18(22-23-19)25-10-12-26(13-11-25)20(28)14-16-4-2-3-5-17(16)21/h2-9H,10-14H2,1H3. The summed E-state index contributed by atoms with van der Waals surface area (Å²) >= 11 is 0. The highest BCUT2D eigenvalue weighted by Gasteiger charge is 2.23. The Kier molecular flexibility index (Phi) is 5.01. The van der Waals surface area contributed by atoms with Crippen LogP contribution in [-0.2, 0) is 11.2 Å². The molecule has 0 bridgehead atoms. The smallest absolute Gasteiger partial charge is 0.227 e. The van der Waals surface area contributed by atoms with E-state index in [1.807, 2.05) is 31.3 Å². The molecule has 1 saturated heterocycles. The van der Waals surface area contributed by atoms with Crippen LogP contribution in [0.25, 0.3) is 5.82 Å². The second-order valence-electron chi connectivity index (χ2n) is 6.79. The Hall–Kier alpha value is -3.29. The molecule has 144 valence electrons. The highest BCUT2D eigenvalue weighted by molar-refractivity contribution is 5.79. The van der Waals surface area contributed by atoms with Gasteiger partial charge in [0, 0.05) is 32.4 Å². The molecule has 0 aliphatic carbocycles. The first-order chi connectivity index (χ1) is 13.6. The van der Waals surface area contributed by atoms with Crippen LogP contribution in [0.15, 0.2) is 48.7 Å². The molecule has 0 spiro atoms. The zero-order valence-electron chi connectivity index (χ0n) is 15.6. The van der Waals surface area contributed by atoms with Crippen LogP contribution in [0, 0.1) is 12.7 Å². The van der Waals surface area contributed by atoms with Crippen LogP contribution in [-0.4, -0.2) is 57.0 Å². The van der Waals surface area contributed by atoms with Crippen LogP contribution in [0.3, 0.4) is 0 Å². The summed E-state index contributed by atoms with van der Waals surface area (Å²) in [5, 5.41) is 12.9. The van der Waals surface area contributed by atoms with E-state index in [9.17, 15) is 9.18 Å². The molecule has 1 aliphatic heterocycles. The Bertz CT molecular complexity index is 963. The number of nitrogens with zero attached hydrogens (tertiary/aromatic N) is 6. The highest BCUT2D eigenvalue weighted by atomic mass is 19.1. The van der Waals surface area contributed by atoms with Gasteiger partial charge in [0.15, 0.2) is 11.6 Å². The number of aromatic nitrogens is 4. The molecule has 0 saturated carbocycles. The Morgan fingerprint density at radius 1 is 1.00 bits per heavy atom. The molecule has 7 nitrogen and oxygen atoms in total. The molecule has 0 unspecified atom stereocenters. The fraction of sp³-hybridized carbons (Fsp3) is 0.300. The first-order valence-corrected chi connectivity index (χ1v) is 9.23. The summed E-state index contributed by atoms with van der Waals surface area (Å²) in [6.45, 7) is 4.41. The molecular weight excluding hydrogens is 359 g/mol. The largest absolute Gasteiger partial charge is 0.352 e. The van der Waals surface area contributed by atoms with Crippen LogP contribution in [0.1, 0.15) is 11.3 Å². The van der Waals surface area contributed by atoms with Crippen molar-refractivity contribution in [2.24, 2.45) is 0 Å². The molecule has 2 aromatic heterocycles. The number of hydrogen-bond acceptors (Lipinski definition) is 5. The summed E-state index contributed by atoms with van der Waals surface area (Å²) in [6.07, 6.45) is 1.93. The van der Waals surface area contributed by atoms with Crippen molar-refractivity contribution < 1.29 is 9.18 Å². The van der Waals surface area contributed by atoms with Crippen LogP contribution in [0.5, 0.6) is 0 Å². The van der Waals surface area contributed by atoms with Gasteiger partial charge in [0.2, 0.25) is 5.91 Å². The molecule has 4 rings (SSSR count). The van der Waals surface area contributed by atoms with Gasteiger partial charge in [-0.2, -0.15) is 5.10 Å². The quantitative estimate of drug-likeness (QED) is 0.693. The molecule has 8 heteroatoms. The molecule has 0 radical (unpaired) electrons. The number of halogens is 1. The van der Waals surface area contributed by atoms with Gasteiger partial charge in [-0.05, 0) is 36.8 Å². The van der Waals surface area contributed by atoms with E-state index in [0.29, 0.717) is 37.6 Å². The SMILES string of the molecule is Cc1ccn(-c2ccc(N3CCN(C(=O)Cc4ccccc4F)CC3)nn2)n1. The van der Waals surface area contributed by atoms with Crippen molar-refractivity contribution in [3.63, 3.8) is 0 Å². The number of anilines is 1. The number of amides is 1. The molecule has 1 aliphatic rings. The minimum absolute atomic E-state index is 0.0553. The van der Waals surface area contributed by atoms with Gasteiger partial charge in [0.1, 0.15) is 5.82 Å². The van der Waals surface area contributed by atoms with Gasteiger partial charge in [0.05, 0.1) is 12.1 Å². The first kappa shape index (κ1) is 18.1. The van der Waals surface area contributed by atoms with Gasteiger partial charge in [0.25, 0.3) is 0 Å². The lowest BCUT2D eigenvalue weighted by Crippen LogP contribution is -2.49. The van der Waals surface area contributed by atoms with Gasteiger partial charge in [-0.1, -0.05) is 18.2 Å². The molecule has 1 aromatic carbocycles. The first-order valence-electron chi connectivity index (χ1n) is 9.23. The van der Waals surface area contributed by atoms with Crippen molar-refractivity contribution in [1.82, 2.24) is 24.9 Å². The maximum absolute atomic E-state index is 13.8. The molecule has 28 heavy (non-hydrogen) atoms. The van der Waals surface area contributed by atoms with E-state index in [2.05, 4.69) is 20.2 Å². The van der Waals surface area contributed by atoms with Crippen LogP contribution >= 0.6 is 0 Å². The number of carbonyl (C=O) groups is 1. The van der Waals surface area contributed by atoms with Crippen LogP contribution < -0.4 is 4.90 Å². The topological polar surface area (TPSA) is 67.2 Å². The van der Waals surface area contributed by atoms with Gasteiger partial charge in [-0.3, -0.25) is 4.79 Å². The Morgan fingerprint density at radius 3 is 2.36 bits per heavy atom. The molecule has 3 aromatic rings. The minimum atomic E-state index is -0.336. The second-order valence-corrected chi connectivity index (χ2v) is 6.79. The van der Waals surface area contributed by atoms with E-state index in [-0.39, 0.29) is 18.1 Å². The Labute approximate surface area is 162 Å².